The molecular weight excluding hydrogens is 948 g/mol. The van der Waals surface area contributed by atoms with Crippen LogP contribution >= 0.6 is 23.2 Å². The van der Waals surface area contributed by atoms with E-state index in [9.17, 15) is 27.4 Å². The third-order valence-corrected chi connectivity index (χ3v) is 13.4. The van der Waals surface area contributed by atoms with Gasteiger partial charge in [-0.05, 0) is 116 Å². The molecule has 0 spiro atoms. The fraction of sp³-hybridized carbons (Fsp3) is 0.306. The number of aryl methyl sites for hydroxylation is 2. The third kappa shape index (κ3) is 12.2. The van der Waals surface area contributed by atoms with Gasteiger partial charge in [-0.25, -0.2) is 31.1 Å². The number of ether oxygens (including phenoxy) is 3. The molecule has 0 amide bonds. The van der Waals surface area contributed by atoms with Crippen LogP contribution in [-0.2, 0) is 32.9 Å². The molecule has 0 atom stereocenters. The molecule has 7 aromatic rings. The predicted octanol–water partition coefficient (Wildman–Crippen LogP) is 9.64. The van der Waals surface area contributed by atoms with E-state index in [0.29, 0.717) is 78.2 Å². The average molecular weight is 998 g/mol. The van der Waals surface area contributed by atoms with Gasteiger partial charge in [-0.2, -0.15) is 10.5 Å². The first-order chi connectivity index (χ1) is 32.6. The zero-order chi connectivity index (χ0) is 48.6. The van der Waals surface area contributed by atoms with Crippen molar-refractivity contribution in [3.63, 3.8) is 0 Å². The maximum absolute atomic E-state index is 11.7. The molecular formula is C49H50Cl2N8O7S2. The average Bonchev–Trinajstić information content (AvgIpc) is 3.94. The summed E-state index contributed by atoms with van der Waals surface area (Å²) in [6, 6.07) is 27.6. The Balaban J connectivity index is 0.000000202. The number of hydrogen-bond donors (Lipinski definition) is 1. The van der Waals surface area contributed by atoms with Crippen molar-refractivity contribution in [3.8, 4) is 40.8 Å². The van der Waals surface area contributed by atoms with E-state index in [1.807, 2.05) is 77.8 Å². The molecule has 0 radical (unpaired) electrons. The number of aromatic nitrogens is 4. The number of piperidine rings is 1. The first kappa shape index (κ1) is 49.6. The molecule has 1 saturated heterocycles. The molecule has 1 fully saturated rings. The molecule has 8 rings (SSSR count). The molecule has 4 aromatic carbocycles. The zero-order valence-corrected chi connectivity index (χ0v) is 41.1. The summed E-state index contributed by atoms with van der Waals surface area (Å²) in [5, 5.41) is 22.0. The SMILES string of the molecule is CCCOc1c(Cl)cc(-n2ccc3cc(CCc4cnc(NS(C)(=O)=O)nc4)ccc32)cc1C#N.CCCOc1c(Cl)cc(-n2ccc3cc(OC4CCN(S(C)(=O)=O)CC4)ccc32)cc1C#N. The van der Waals surface area contributed by atoms with Crippen molar-refractivity contribution >= 4 is 71.0 Å². The van der Waals surface area contributed by atoms with Gasteiger partial charge in [0.25, 0.3) is 0 Å². The van der Waals surface area contributed by atoms with Gasteiger partial charge in [-0.3, -0.25) is 4.72 Å². The van der Waals surface area contributed by atoms with Gasteiger partial charge < -0.3 is 23.3 Å². The molecule has 0 saturated carbocycles. The highest BCUT2D eigenvalue weighted by Crippen LogP contribution is 2.35. The Labute approximate surface area is 406 Å². The van der Waals surface area contributed by atoms with Crippen LogP contribution in [0, 0.1) is 22.7 Å². The van der Waals surface area contributed by atoms with Crippen LogP contribution in [0.5, 0.6) is 17.2 Å². The summed E-state index contributed by atoms with van der Waals surface area (Å²) in [5.41, 5.74) is 6.37. The van der Waals surface area contributed by atoms with Gasteiger partial charge in [0.15, 0.2) is 11.5 Å². The lowest BCUT2D eigenvalue weighted by Gasteiger charge is -2.30. The summed E-state index contributed by atoms with van der Waals surface area (Å²) in [6.45, 7) is 5.94. The summed E-state index contributed by atoms with van der Waals surface area (Å²) < 4.78 is 71.1. The number of halogens is 2. The minimum absolute atomic E-state index is 0.0183. The Morgan fingerprint density at radius 1 is 0.706 bits per heavy atom. The maximum Gasteiger partial charge on any atom is 0.236 e. The van der Waals surface area contributed by atoms with Crippen molar-refractivity contribution in [2.45, 2.75) is 58.5 Å². The number of anilines is 1. The number of rotatable bonds is 16. The Hall–Kier alpha value is -6.34. The minimum Gasteiger partial charge on any atom is -0.491 e. The largest absolute Gasteiger partial charge is 0.491 e. The van der Waals surface area contributed by atoms with Crippen molar-refractivity contribution in [1.29, 1.82) is 10.5 Å². The number of nitrogens with zero attached hydrogens (tertiary/aromatic N) is 7. The summed E-state index contributed by atoms with van der Waals surface area (Å²) in [5.74, 6) is 1.64. The minimum atomic E-state index is -3.40. The number of nitriles is 2. The Kier molecular flexibility index (Phi) is 15.8. The van der Waals surface area contributed by atoms with E-state index in [4.69, 9.17) is 37.4 Å². The van der Waals surface area contributed by atoms with Gasteiger partial charge in [0.2, 0.25) is 26.0 Å². The summed E-state index contributed by atoms with van der Waals surface area (Å²) in [7, 11) is -6.56. The van der Waals surface area contributed by atoms with Crippen LogP contribution in [0.15, 0.2) is 97.6 Å². The molecule has 0 unspecified atom stereocenters. The lowest BCUT2D eigenvalue weighted by Crippen LogP contribution is -2.41. The van der Waals surface area contributed by atoms with E-state index < -0.39 is 20.0 Å². The van der Waals surface area contributed by atoms with E-state index in [0.717, 1.165) is 75.6 Å². The van der Waals surface area contributed by atoms with Gasteiger partial charge in [0.1, 0.15) is 24.0 Å². The Bertz CT molecular complexity index is 3250. The number of sulfonamides is 2. The number of nitrogens with one attached hydrogen (secondary N) is 1. The number of hydrogen-bond acceptors (Lipinski definition) is 11. The third-order valence-electron chi connectivity index (χ3n) is 11.0. The van der Waals surface area contributed by atoms with Gasteiger partial charge in [0.05, 0.1) is 57.9 Å². The van der Waals surface area contributed by atoms with Crippen LogP contribution in [0.4, 0.5) is 5.95 Å². The van der Waals surface area contributed by atoms with E-state index >= 15 is 0 Å². The first-order valence-corrected chi connectivity index (χ1v) is 26.4. The van der Waals surface area contributed by atoms with E-state index in [1.165, 1.54) is 10.6 Å². The second-order valence-corrected chi connectivity index (χ2v) is 20.8. The number of fused-ring (bicyclic) bond motifs is 2. The smallest absolute Gasteiger partial charge is 0.236 e. The van der Waals surface area contributed by atoms with Crippen molar-refractivity contribution in [1.82, 2.24) is 23.4 Å². The normalized spacial score (nSPS) is 13.4. The maximum atomic E-state index is 11.7. The van der Waals surface area contributed by atoms with Gasteiger partial charge in [-0.1, -0.05) is 43.1 Å². The zero-order valence-electron chi connectivity index (χ0n) is 37.9. The molecule has 15 nitrogen and oxygen atoms in total. The van der Waals surface area contributed by atoms with Crippen molar-refractivity contribution < 1.29 is 31.0 Å². The molecule has 4 heterocycles. The monoisotopic (exact) mass is 996 g/mol. The van der Waals surface area contributed by atoms with Crippen LogP contribution in [-0.4, -0.2) is 85.2 Å². The predicted molar refractivity (Wildman–Crippen MR) is 266 cm³/mol. The quantitative estimate of drug-likeness (QED) is 0.0969. The Morgan fingerprint density at radius 3 is 1.72 bits per heavy atom. The molecule has 3 aromatic heterocycles. The summed E-state index contributed by atoms with van der Waals surface area (Å²) in [4.78, 5) is 8.12. The van der Waals surface area contributed by atoms with Crippen LogP contribution in [0.2, 0.25) is 10.0 Å². The summed E-state index contributed by atoms with van der Waals surface area (Å²) >= 11 is 12.9. The van der Waals surface area contributed by atoms with E-state index in [2.05, 4.69) is 39.0 Å². The molecule has 68 heavy (non-hydrogen) atoms. The van der Waals surface area contributed by atoms with Crippen molar-refractivity contribution in [2.24, 2.45) is 0 Å². The fourth-order valence-electron chi connectivity index (χ4n) is 7.76. The lowest BCUT2D eigenvalue weighted by atomic mass is 10.0. The van der Waals surface area contributed by atoms with Crippen LogP contribution in [0.3, 0.4) is 0 Å². The highest BCUT2D eigenvalue weighted by molar-refractivity contribution is 7.92. The number of benzene rings is 4. The van der Waals surface area contributed by atoms with E-state index in [-0.39, 0.29) is 12.1 Å². The highest BCUT2D eigenvalue weighted by atomic mass is 35.5. The van der Waals surface area contributed by atoms with Crippen LogP contribution in [0.1, 0.15) is 61.8 Å². The standard InChI is InChI=1S/C25H24ClN5O3S.C24H26ClN3O4S/c1-3-10-34-24-20(14-27)12-21(13-22(24)26)31-9-8-19-11-17(6-7-23(19)31)4-5-18-15-28-25(29-16-18)30-35(2,32)33;1-3-12-31-24-18(16-26)13-19(15-22(24)25)28-11-6-17-14-21(4-5-23(17)28)32-20-7-9-27(10-8-20)33(2,29)30/h6-9,11-13,15-16H,3-5,10H2,1-2H3,(H,28,29,30);4-6,11,13-15,20H,3,7-10,12H2,1-2H3. The fourth-order valence-corrected chi connectivity index (χ4v) is 9.61. The molecule has 0 bridgehead atoms. The molecule has 354 valence electrons. The van der Waals surface area contributed by atoms with Gasteiger partial charge in [0, 0.05) is 60.0 Å². The Morgan fingerprint density at radius 2 is 1.22 bits per heavy atom. The second kappa shape index (κ2) is 21.7. The molecule has 1 aliphatic heterocycles. The molecule has 0 aliphatic carbocycles. The van der Waals surface area contributed by atoms with Gasteiger partial charge in [-0.15, -0.1) is 0 Å². The van der Waals surface area contributed by atoms with Gasteiger partial charge >= 0.3 is 0 Å². The van der Waals surface area contributed by atoms with E-state index in [1.54, 1.807) is 30.6 Å². The molecule has 1 N–H and O–H groups in total. The lowest BCUT2D eigenvalue weighted by molar-refractivity contribution is 0.135. The summed E-state index contributed by atoms with van der Waals surface area (Å²) in [6.07, 6.45) is 13.9. The molecule has 1 aliphatic rings. The van der Waals surface area contributed by atoms with Crippen molar-refractivity contribution in [2.75, 3.05) is 43.5 Å². The first-order valence-electron chi connectivity index (χ1n) is 21.9. The van der Waals surface area contributed by atoms with Crippen molar-refractivity contribution in [3.05, 3.63) is 130 Å². The topological polar surface area (TPSA) is 194 Å². The second-order valence-electron chi connectivity index (χ2n) is 16.3. The highest BCUT2D eigenvalue weighted by Gasteiger charge is 2.26. The molecule has 19 heteroatoms. The van der Waals surface area contributed by atoms with Crippen LogP contribution in [0.25, 0.3) is 33.2 Å². The van der Waals surface area contributed by atoms with Crippen LogP contribution < -0.4 is 18.9 Å².